The van der Waals surface area contributed by atoms with E-state index in [0.29, 0.717) is 0 Å². The van der Waals surface area contributed by atoms with Gasteiger partial charge in [0.05, 0.1) is 0 Å². The molecular weight excluding hydrogens is 142 g/mol. The predicted molar refractivity (Wildman–Crippen MR) is 42.2 cm³/mol. The van der Waals surface area contributed by atoms with Crippen LogP contribution in [-0.4, -0.2) is 25.5 Å². The summed E-state index contributed by atoms with van der Waals surface area (Å²) in [5.41, 5.74) is 5.73. The number of ketones is 1. The Labute approximate surface area is 66.9 Å². The summed E-state index contributed by atoms with van der Waals surface area (Å²) in [5.74, 6) is 0.229. The van der Waals surface area contributed by atoms with Gasteiger partial charge in [0.2, 0.25) is 0 Å². The molecule has 2 N–H and O–H groups in total. The summed E-state index contributed by atoms with van der Waals surface area (Å²) in [4.78, 5) is 11.3. The van der Waals surface area contributed by atoms with Gasteiger partial charge in [-0.2, -0.15) is 0 Å². The first-order valence-corrected chi connectivity index (χ1v) is 4.03. The number of rotatable bonds is 3. The number of carbonyl (C=O) groups is 1. The van der Waals surface area contributed by atoms with Crippen LogP contribution >= 0.6 is 0 Å². The molecule has 0 saturated heterocycles. The van der Waals surface area contributed by atoms with Crippen LogP contribution in [0.25, 0.3) is 0 Å². The molecule has 0 aliphatic heterocycles. The molecule has 0 heterocycles. The summed E-state index contributed by atoms with van der Waals surface area (Å²) in [7, 11) is 1.54. The van der Waals surface area contributed by atoms with Crippen LogP contribution in [0.2, 0.25) is 0 Å². The molecule has 0 spiro atoms. The topological polar surface area (TPSA) is 52.3 Å². The van der Waals surface area contributed by atoms with Gasteiger partial charge in [0.15, 0.2) is 5.78 Å². The van der Waals surface area contributed by atoms with E-state index in [1.54, 1.807) is 7.11 Å². The van der Waals surface area contributed by atoms with E-state index in [-0.39, 0.29) is 24.3 Å². The van der Waals surface area contributed by atoms with Gasteiger partial charge in [0.1, 0.15) is 6.61 Å². The second kappa shape index (κ2) is 3.83. The lowest BCUT2D eigenvalue weighted by Crippen LogP contribution is -2.32. The fourth-order valence-corrected chi connectivity index (χ4v) is 1.64. The van der Waals surface area contributed by atoms with Crippen LogP contribution in [0.5, 0.6) is 0 Å². The Bertz CT molecular complexity index is 147. The summed E-state index contributed by atoms with van der Waals surface area (Å²) >= 11 is 0. The monoisotopic (exact) mass is 157 g/mol. The minimum atomic E-state index is 0.0648. The second-order valence-corrected chi connectivity index (χ2v) is 3.10. The molecular formula is C8H15NO2. The average Bonchev–Trinajstić information content (AvgIpc) is 2.36. The number of Topliss-reactive ketones (excluding diaryl/α,β-unsaturated/α-hetero) is 1. The minimum absolute atomic E-state index is 0.0648. The average molecular weight is 157 g/mol. The Hall–Kier alpha value is -0.410. The highest BCUT2D eigenvalue weighted by Gasteiger charge is 2.29. The quantitative estimate of drug-likeness (QED) is 0.642. The molecule has 0 bridgehead atoms. The first-order chi connectivity index (χ1) is 5.25. The maximum atomic E-state index is 11.3. The molecule has 64 valence electrons. The van der Waals surface area contributed by atoms with Crippen LogP contribution in [0.15, 0.2) is 0 Å². The van der Waals surface area contributed by atoms with Gasteiger partial charge in [0.25, 0.3) is 0 Å². The zero-order valence-corrected chi connectivity index (χ0v) is 6.88. The second-order valence-electron chi connectivity index (χ2n) is 3.10. The lowest BCUT2D eigenvalue weighted by molar-refractivity contribution is -0.126. The lowest BCUT2D eigenvalue weighted by Gasteiger charge is -2.12. The molecule has 0 aromatic rings. The van der Waals surface area contributed by atoms with Crippen LogP contribution < -0.4 is 5.73 Å². The molecule has 3 heteroatoms. The molecule has 1 aliphatic carbocycles. The van der Waals surface area contributed by atoms with Gasteiger partial charge in [-0.1, -0.05) is 6.42 Å². The van der Waals surface area contributed by atoms with Gasteiger partial charge in [0, 0.05) is 19.1 Å². The van der Waals surface area contributed by atoms with Crippen molar-refractivity contribution in [2.24, 2.45) is 11.7 Å². The lowest BCUT2D eigenvalue weighted by atomic mass is 10.00. The van der Waals surface area contributed by atoms with Crippen LogP contribution in [0, 0.1) is 5.92 Å². The third-order valence-corrected chi connectivity index (χ3v) is 2.27. The Kier molecular flexibility index (Phi) is 3.02. The first kappa shape index (κ1) is 8.68. The Morgan fingerprint density at radius 2 is 2.36 bits per heavy atom. The normalized spacial score (nSPS) is 30.7. The minimum Gasteiger partial charge on any atom is -0.377 e. The van der Waals surface area contributed by atoms with E-state index in [4.69, 9.17) is 10.5 Å². The number of nitrogens with two attached hydrogens (primary N) is 1. The maximum Gasteiger partial charge on any atom is 0.163 e. The molecule has 1 fully saturated rings. The van der Waals surface area contributed by atoms with Crippen molar-refractivity contribution in [2.75, 3.05) is 13.7 Å². The molecule has 1 rings (SSSR count). The van der Waals surface area contributed by atoms with Gasteiger partial charge in [-0.25, -0.2) is 0 Å². The highest BCUT2D eigenvalue weighted by Crippen LogP contribution is 2.24. The zero-order valence-electron chi connectivity index (χ0n) is 6.88. The molecule has 0 radical (unpaired) electrons. The van der Waals surface area contributed by atoms with Gasteiger partial charge >= 0.3 is 0 Å². The smallest absolute Gasteiger partial charge is 0.163 e. The summed E-state index contributed by atoms with van der Waals surface area (Å²) in [6, 6.07) is 0.0812. The van der Waals surface area contributed by atoms with Crippen molar-refractivity contribution in [3.8, 4) is 0 Å². The summed E-state index contributed by atoms with van der Waals surface area (Å²) < 4.78 is 4.76. The Balaban J connectivity index is 2.39. The van der Waals surface area contributed by atoms with Crippen molar-refractivity contribution < 1.29 is 9.53 Å². The molecule has 0 unspecified atom stereocenters. The van der Waals surface area contributed by atoms with E-state index in [1.807, 2.05) is 0 Å². The van der Waals surface area contributed by atoms with Gasteiger partial charge < -0.3 is 10.5 Å². The van der Waals surface area contributed by atoms with Crippen molar-refractivity contribution in [1.82, 2.24) is 0 Å². The fourth-order valence-electron chi connectivity index (χ4n) is 1.64. The van der Waals surface area contributed by atoms with Crippen LogP contribution in [-0.2, 0) is 9.53 Å². The first-order valence-electron chi connectivity index (χ1n) is 4.03. The molecule has 0 amide bonds. The zero-order chi connectivity index (χ0) is 8.27. The molecule has 11 heavy (non-hydrogen) atoms. The number of hydrogen-bond acceptors (Lipinski definition) is 3. The molecule has 2 atom stereocenters. The van der Waals surface area contributed by atoms with Crippen molar-refractivity contribution in [3.63, 3.8) is 0 Å². The van der Waals surface area contributed by atoms with Gasteiger partial charge in [-0.15, -0.1) is 0 Å². The SMILES string of the molecule is COCC(=O)[C@H]1CCC[C@H]1N. The summed E-state index contributed by atoms with van der Waals surface area (Å²) in [5, 5.41) is 0. The van der Waals surface area contributed by atoms with Crippen LogP contribution in [0.1, 0.15) is 19.3 Å². The predicted octanol–water partition coefficient (Wildman–Crippen LogP) is 0.329. The van der Waals surface area contributed by atoms with E-state index >= 15 is 0 Å². The van der Waals surface area contributed by atoms with Gasteiger partial charge in [-0.3, -0.25) is 4.79 Å². The third kappa shape index (κ3) is 2.01. The summed E-state index contributed by atoms with van der Waals surface area (Å²) in [6.45, 7) is 0.221. The number of hydrogen-bond donors (Lipinski definition) is 1. The molecule has 1 saturated carbocycles. The van der Waals surface area contributed by atoms with Crippen molar-refractivity contribution in [3.05, 3.63) is 0 Å². The Morgan fingerprint density at radius 3 is 2.82 bits per heavy atom. The maximum absolute atomic E-state index is 11.3. The van der Waals surface area contributed by atoms with Crippen molar-refractivity contribution >= 4 is 5.78 Å². The Morgan fingerprint density at radius 1 is 1.64 bits per heavy atom. The summed E-state index contributed by atoms with van der Waals surface area (Å²) in [6.07, 6.45) is 3.02. The molecule has 0 aromatic heterocycles. The van der Waals surface area contributed by atoms with E-state index in [2.05, 4.69) is 0 Å². The van der Waals surface area contributed by atoms with Crippen molar-refractivity contribution in [1.29, 1.82) is 0 Å². The number of ether oxygens (including phenoxy) is 1. The largest absolute Gasteiger partial charge is 0.377 e. The van der Waals surface area contributed by atoms with E-state index in [0.717, 1.165) is 19.3 Å². The molecule has 1 aliphatic rings. The van der Waals surface area contributed by atoms with E-state index < -0.39 is 0 Å². The standard InChI is InChI=1S/C8H15NO2/c1-11-5-8(10)6-3-2-4-7(6)9/h6-7H,2-5,9H2,1H3/t6-,7+/m0/s1. The van der Waals surface area contributed by atoms with Crippen LogP contribution in [0.3, 0.4) is 0 Å². The van der Waals surface area contributed by atoms with Crippen LogP contribution in [0.4, 0.5) is 0 Å². The third-order valence-electron chi connectivity index (χ3n) is 2.27. The fraction of sp³-hybridized carbons (Fsp3) is 0.875. The highest BCUT2D eigenvalue weighted by atomic mass is 16.5. The number of carbonyl (C=O) groups excluding carboxylic acids is 1. The molecule has 3 nitrogen and oxygen atoms in total. The molecule has 0 aromatic carbocycles. The van der Waals surface area contributed by atoms with E-state index in [1.165, 1.54) is 0 Å². The van der Waals surface area contributed by atoms with E-state index in [9.17, 15) is 4.79 Å². The van der Waals surface area contributed by atoms with Crippen molar-refractivity contribution in [2.45, 2.75) is 25.3 Å². The highest BCUT2D eigenvalue weighted by molar-refractivity contribution is 5.83. The van der Waals surface area contributed by atoms with Gasteiger partial charge in [-0.05, 0) is 12.8 Å². The number of methoxy groups -OCH3 is 1.